The number of imidazole rings is 1. The molecule has 0 aliphatic rings. The van der Waals surface area contributed by atoms with Gasteiger partial charge < -0.3 is 9.72 Å². The van der Waals surface area contributed by atoms with Crippen molar-refractivity contribution < 1.29 is 13.5 Å². The third-order valence-electron chi connectivity index (χ3n) is 3.10. The zero-order valence-electron chi connectivity index (χ0n) is 10.8. The summed E-state index contributed by atoms with van der Waals surface area (Å²) in [6, 6.07) is 7.10. The van der Waals surface area contributed by atoms with Crippen molar-refractivity contribution in [3.05, 3.63) is 51.2 Å². The van der Waals surface area contributed by atoms with Crippen molar-refractivity contribution in [3.8, 4) is 11.4 Å². The molecule has 0 aliphatic heterocycles. The summed E-state index contributed by atoms with van der Waals surface area (Å²) in [5.74, 6) is -0.789. The number of H-pyrrole nitrogens is 1. The summed E-state index contributed by atoms with van der Waals surface area (Å²) >= 11 is 8.63. The summed E-state index contributed by atoms with van der Waals surface area (Å²) in [6.45, 7) is 0. The van der Waals surface area contributed by atoms with Crippen LogP contribution in [0.2, 0.25) is 0 Å². The van der Waals surface area contributed by atoms with E-state index in [2.05, 4.69) is 20.9 Å². The summed E-state index contributed by atoms with van der Waals surface area (Å²) < 4.78 is 34.9. The van der Waals surface area contributed by atoms with E-state index in [0.29, 0.717) is 26.0 Å². The number of halogens is 3. The second kappa shape index (κ2) is 5.23. The lowest BCUT2D eigenvalue weighted by molar-refractivity contribution is 0.387. The van der Waals surface area contributed by atoms with Crippen LogP contribution in [0.1, 0.15) is 0 Å². The molecule has 108 valence electrons. The van der Waals surface area contributed by atoms with Crippen molar-refractivity contribution in [1.82, 2.24) is 9.55 Å². The summed E-state index contributed by atoms with van der Waals surface area (Å²) in [5.41, 5.74) is 1.64. The van der Waals surface area contributed by atoms with Crippen LogP contribution < -0.4 is 4.74 Å². The number of methoxy groups -OCH3 is 1. The van der Waals surface area contributed by atoms with E-state index in [1.54, 1.807) is 10.6 Å². The Balaban J connectivity index is 2.39. The first-order valence-corrected chi connectivity index (χ1v) is 7.15. The molecule has 7 heteroatoms. The summed E-state index contributed by atoms with van der Waals surface area (Å²) in [4.78, 5) is 2.90. The van der Waals surface area contributed by atoms with E-state index in [9.17, 15) is 8.78 Å². The average molecular weight is 371 g/mol. The van der Waals surface area contributed by atoms with Gasteiger partial charge in [-0.25, -0.2) is 8.78 Å². The Bertz CT molecular complexity index is 904. The predicted octanol–water partition coefficient (Wildman–Crippen LogP) is 4.74. The van der Waals surface area contributed by atoms with Crippen LogP contribution in [-0.4, -0.2) is 16.7 Å². The van der Waals surface area contributed by atoms with Crippen LogP contribution in [0.15, 0.2) is 34.8 Å². The highest BCUT2D eigenvalue weighted by Gasteiger charge is 2.14. The van der Waals surface area contributed by atoms with Crippen LogP contribution in [-0.2, 0) is 0 Å². The van der Waals surface area contributed by atoms with Gasteiger partial charge in [0.2, 0.25) is 0 Å². The number of rotatable bonds is 2. The monoisotopic (exact) mass is 370 g/mol. The van der Waals surface area contributed by atoms with E-state index >= 15 is 0 Å². The number of aromatic amines is 1. The highest BCUT2D eigenvalue weighted by molar-refractivity contribution is 9.10. The second-order valence-corrected chi connectivity index (χ2v) is 5.61. The van der Waals surface area contributed by atoms with Crippen LogP contribution in [0.25, 0.3) is 16.7 Å². The second-order valence-electron chi connectivity index (χ2n) is 4.37. The lowest BCUT2D eigenvalue weighted by Crippen LogP contribution is -1.97. The van der Waals surface area contributed by atoms with Gasteiger partial charge in [-0.1, -0.05) is 0 Å². The minimum atomic E-state index is -0.494. The van der Waals surface area contributed by atoms with Gasteiger partial charge in [0.25, 0.3) is 0 Å². The summed E-state index contributed by atoms with van der Waals surface area (Å²) in [5, 5.41) is 0. The Labute approximate surface area is 132 Å². The van der Waals surface area contributed by atoms with Gasteiger partial charge in [0.15, 0.2) is 16.3 Å². The molecule has 2 aromatic carbocycles. The van der Waals surface area contributed by atoms with Gasteiger partial charge in [-0.15, -0.1) is 0 Å². The summed E-state index contributed by atoms with van der Waals surface area (Å²) in [7, 11) is 1.38. The highest BCUT2D eigenvalue weighted by Crippen LogP contribution is 2.30. The molecule has 0 saturated carbocycles. The summed E-state index contributed by atoms with van der Waals surface area (Å²) in [6.07, 6.45) is 0. The number of fused-ring (bicyclic) bond motifs is 1. The fourth-order valence-electron chi connectivity index (χ4n) is 2.16. The van der Waals surface area contributed by atoms with Crippen LogP contribution in [0.4, 0.5) is 8.78 Å². The Morgan fingerprint density at radius 2 is 2.00 bits per heavy atom. The Kier molecular flexibility index (Phi) is 3.54. The third-order valence-corrected chi connectivity index (χ3v) is 4.06. The fourth-order valence-corrected chi connectivity index (χ4v) is 2.89. The zero-order valence-corrected chi connectivity index (χ0v) is 13.2. The molecule has 0 atom stereocenters. The van der Waals surface area contributed by atoms with Gasteiger partial charge in [-0.3, -0.25) is 4.57 Å². The molecule has 1 aromatic heterocycles. The van der Waals surface area contributed by atoms with Crippen LogP contribution >= 0.6 is 28.1 Å². The molecule has 0 radical (unpaired) electrons. The first kappa shape index (κ1) is 14.2. The van der Waals surface area contributed by atoms with E-state index < -0.39 is 11.6 Å². The van der Waals surface area contributed by atoms with Gasteiger partial charge >= 0.3 is 0 Å². The number of hydrogen-bond acceptors (Lipinski definition) is 2. The zero-order chi connectivity index (χ0) is 15.1. The van der Waals surface area contributed by atoms with Gasteiger partial charge in [0, 0.05) is 16.6 Å². The largest absolute Gasteiger partial charge is 0.494 e. The Hall–Kier alpha value is -1.73. The lowest BCUT2D eigenvalue weighted by atomic mass is 10.2. The van der Waals surface area contributed by atoms with Crippen molar-refractivity contribution in [2.75, 3.05) is 7.11 Å². The molecule has 3 rings (SSSR count). The number of hydrogen-bond donors (Lipinski definition) is 1. The number of nitrogens with zero attached hydrogens (tertiary/aromatic N) is 1. The van der Waals surface area contributed by atoms with E-state index in [1.165, 1.54) is 31.4 Å². The first-order chi connectivity index (χ1) is 10.0. The fraction of sp³-hybridized carbons (Fsp3) is 0.0714. The van der Waals surface area contributed by atoms with Gasteiger partial charge in [-0.05, 0) is 46.3 Å². The number of ether oxygens (including phenoxy) is 1. The first-order valence-electron chi connectivity index (χ1n) is 5.95. The van der Waals surface area contributed by atoms with E-state index in [4.69, 9.17) is 17.0 Å². The molecule has 3 nitrogen and oxygen atoms in total. The van der Waals surface area contributed by atoms with Crippen molar-refractivity contribution >= 4 is 39.2 Å². The van der Waals surface area contributed by atoms with E-state index in [1.807, 2.05) is 0 Å². The van der Waals surface area contributed by atoms with Gasteiger partial charge in [0.1, 0.15) is 5.82 Å². The van der Waals surface area contributed by atoms with E-state index in [0.717, 1.165) is 0 Å². The maximum atomic E-state index is 13.7. The van der Waals surface area contributed by atoms with Crippen LogP contribution in [0.3, 0.4) is 0 Å². The van der Waals surface area contributed by atoms with Crippen LogP contribution in [0, 0.1) is 16.4 Å². The molecular weight excluding hydrogens is 362 g/mol. The molecule has 3 aromatic rings. The molecule has 21 heavy (non-hydrogen) atoms. The minimum Gasteiger partial charge on any atom is -0.494 e. The Morgan fingerprint density at radius 3 is 2.71 bits per heavy atom. The minimum absolute atomic E-state index is 0.0952. The van der Waals surface area contributed by atoms with Crippen LogP contribution in [0.5, 0.6) is 5.75 Å². The van der Waals surface area contributed by atoms with Crippen molar-refractivity contribution in [3.63, 3.8) is 0 Å². The van der Waals surface area contributed by atoms with Gasteiger partial charge in [0.05, 0.1) is 23.8 Å². The molecular formula is C14H9BrF2N2OS. The SMILES string of the molecule is COc1cc2c(cc1F)[nH]c(=S)n2-c1cc(F)ccc1Br. The molecule has 0 saturated heterocycles. The van der Waals surface area contributed by atoms with Crippen molar-refractivity contribution in [2.24, 2.45) is 0 Å². The average Bonchev–Trinajstić information content (AvgIpc) is 2.75. The molecule has 0 amide bonds. The normalized spacial score (nSPS) is 11.0. The molecule has 0 unspecified atom stereocenters. The maximum Gasteiger partial charge on any atom is 0.182 e. The van der Waals surface area contributed by atoms with Crippen molar-refractivity contribution in [2.45, 2.75) is 0 Å². The standard InChI is InChI=1S/C14H9BrF2N2OS/c1-20-13-6-12-10(5-9(13)17)18-14(21)19(12)11-4-7(16)2-3-8(11)15/h2-6H,1H3,(H,18,21). The predicted molar refractivity (Wildman–Crippen MR) is 82.6 cm³/mol. The van der Waals surface area contributed by atoms with E-state index in [-0.39, 0.29) is 5.75 Å². The number of nitrogens with one attached hydrogen (secondary N) is 1. The smallest absolute Gasteiger partial charge is 0.182 e. The molecule has 0 fully saturated rings. The van der Waals surface area contributed by atoms with Crippen molar-refractivity contribution in [1.29, 1.82) is 0 Å². The highest BCUT2D eigenvalue weighted by atomic mass is 79.9. The molecule has 0 bridgehead atoms. The molecule has 0 spiro atoms. The maximum absolute atomic E-state index is 13.7. The number of aromatic nitrogens is 2. The topological polar surface area (TPSA) is 29.9 Å². The van der Waals surface area contributed by atoms with Gasteiger partial charge in [-0.2, -0.15) is 0 Å². The quantitative estimate of drug-likeness (QED) is 0.660. The molecule has 1 N–H and O–H groups in total. The lowest BCUT2D eigenvalue weighted by Gasteiger charge is -2.08. The Morgan fingerprint density at radius 1 is 1.24 bits per heavy atom. The third kappa shape index (κ3) is 2.36. The number of benzene rings is 2. The molecule has 1 heterocycles. The molecule has 0 aliphatic carbocycles.